The van der Waals surface area contributed by atoms with Gasteiger partial charge in [-0.25, -0.2) is 0 Å². The molecule has 0 saturated heterocycles. The average Bonchev–Trinajstić information content (AvgIpc) is 3.36. The summed E-state index contributed by atoms with van der Waals surface area (Å²) >= 11 is 0. The number of nitrogens with one attached hydrogen (secondary N) is 1. The molecule has 2 aliphatic rings. The van der Waals surface area contributed by atoms with Crippen LogP contribution in [0.5, 0.6) is 5.75 Å². The molecule has 2 aromatic carbocycles. The maximum atomic E-state index is 13.0. The fourth-order valence-corrected chi connectivity index (χ4v) is 4.06. The van der Waals surface area contributed by atoms with Gasteiger partial charge in [0.05, 0.1) is 13.0 Å². The Morgan fingerprint density at radius 2 is 1.86 bits per heavy atom. The predicted molar refractivity (Wildman–Crippen MR) is 106 cm³/mol. The summed E-state index contributed by atoms with van der Waals surface area (Å²) in [5.74, 6) is 0.488. The van der Waals surface area contributed by atoms with E-state index in [9.17, 15) is 9.59 Å². The molecule has 0 aliphatic heterocycles. The fraction of sp³-hybridized carbons (Fsp3) is 0.304. The lowest BCUT2D eigenvalue weighted by Gasteiger charge is -2.22. The number of methoxy groups -OCH3 is 1. The number of hydrogen-bond donors (Lipinski definition) is 1. The molecule has 0 heterocycles. The Hall–Kier alpha value is -3.08. The van der Waals surface area contributed by atoms with E-state index in [1.54, 1.807) is 43.5 Å². The second kappa shape index (κ2) is 7.89. The van der Waals surface area contributed by atoms with Gasteiger partial charge in [-0.3, -0.25) is 9.59 Å². The smallest absolute Gasteiger partial charge is 0.310 e. The van der Waals surface area contributed by atoms with Crippen LogP contribution in [0.3, 0.4) is 0 Å². The Kier molecular flexibility index (Phi) is 5.15. The van der Waals surface area contributed by atoms with Crippen LogP contribution in [0, 0.1) is 17.8 Å². The van der Waals surface area contributed by atoms with E-state index in [1.807, 2.05) is 18.2 Å². The Labute approximate surface area is 164 Å². The van der Waals surface area contributed by atoms with Crippen LogP contribution in [-0.2, 0) is 14.3 Å². The summed E-state index contributed by atoms with van der Waals surface area (Å²) in [6, 6.07) is 16.2. The molecule has 5 heteroatoms. The number of carbonyl (C=O) groups excluding carboxylic acids is 2. The maximum absolute atomic E-state index is 13.0. The molecule has 0 radical (unpaired) electrons. The molecule has 4 rings (SSSR count). The van der Waals surface area contributed by atoms with E-state index in [4.69, 9.17) is 9.47 Å². The van der Waals surface area contributed by atoms with Crippen molar-refractivity contribution in [3.8, 4) is 5.75 Å². The number of ether oxygens (including phenoxy) is 2. The summed E-state index contributed by atoms with van der Waals surface area (Å²) in [6.07, 6.45) is 5.10. The van der Waals surface area contributed by atoms with Crippen molar-refractivity contribution >= 4 is 17.6 Å². The number of esters is 1. The largest absolute Gasteiger partial charge is 0.497 e. The van der Waals surface area contributed by atoms with Crippen LogP contribution >= 0.6 is 0 Å². The van der Waals surface area contributed by atoms with Gasteiger partial charge in [0.1, 0.15) is 5.75 Å². The first-order chi connectivity index (χ1) is 13.6. The molecular weight excluding hydrogens is 354 g/mol. The zero-order chi connectivity index (χ0) is 19.5. The van der Waals surface area contributed by atoms with Gasteiger partial charge >= 0.3 is 5.97 Å². The van der Waals surface area contributed by atoms with Gasteiger partial charge < -0.3 is 14.8 Å². The minimum atomic E-state index is -0.997. The van der Waals surface area contributed by atoms with Crippen LogP contribution < -0.4 is 10.1 Å². The highest BCUT2D eigenvalue weighted by molar-refractivity contribution is 5.96. The van der Waals surface area contributed by atoms with Crippen molar-refractivity contribution in [1.29, 1.82) is 0 Å². The number of rotatable bonds is 6. The maximum Gasteiger partial charge on any atom is 0.310 e. The van der Waals surface area contributed by atoms with E-state index in [2.05, 4.69) is 17.5 Å². The average molecular weight is 377 g/mol. The second-order valence-corrected chi connectivity index (χ2v) is 7.34. The van der Waals surface area contributed by atoms with E-state index in [0.29, 0.717) is 22.9 Å². The summed E-state index contributed by atoms with van der Waals surface area (Å²) in [6.45, 7) is 0. The first kappa shape index (κ1) is 18.3. The van der Waals surface area contributed by atoms with Crippen molar-refractivity contribution in [1.82, 2.24) is 0 Å². The predicted octanol–water partition coefficient (Wildman–Crippen LogP) is 4.13. The zero-order valence-corrected chi connectivity index (χ0v) is 15.7. The monoisotopic (exact) mass is 377 g/mol. The molecule has 4 atom stereocenters. The number of hydrogen-bond acceptors (Lipinski definition) is 4. The van der Waals surface area contributed by atoms with Gasteiger partial charge in [0.15, 0.2) is 0 Å². The van der Waals surface area contributed by atoms with Gasteiger partial charge in [-0.2, -0.15) is 0 Å². The lowest BCUT2D eigenvalue weighted by atomic mass is 9.93. The molecule has 0 aromatic heterocycles. The summed E-state index contributed by atoms with van der Waals surface area (Å²) in [5.41, 5.74) is 1.24. The first-order valence-corrected chi connectivity index (χ1v) is 9.52. The van der Waals surface area contributed by atoms with Crippen LogP contribution in [0.1, 0.15) is 24.5 Å². The zero-order valence-electron chi connectivity index (χ0n) is 15.7. The molecule has 2 aromatic rings. The molecule has 2 aliphatic carbocycles. The molecule has 144 valence electrons. The van der Waals surface area contributed by atoms with E-state index in [-0.39, 0.29) is 23.7 Å². The summed E-state index contributed by atoms with van der Waals surface area (Å²) in [5, 5.41) is 2.83. The molecule has 1 saturated carbocycles. The molecule has 1 N–H and O–H groups in total. The van der Waals surface area contributed by atoms with Gasteiger partial charge in [0, 0.05) is 17.3 Å². The number of amides is 1. The standard InChI is InChI=1S/C23H23NO4/c1-27-19-9-5-8-18(14-19)24-22(25)21(16-6-3-2-4-7-16)28-23(26)20-13-15-10-11-17(20)12-15/h2-11,14-15,17,20-21H,12-13H2,1H3,(H,24,25). The van der Waals surface area contributed by atoms with E-state index >= 15 is 0 Å². The van der Waals surface area contributed by atoms with Crippen LogP contribution in [0.2, 0.25) is 0 Å². The third kappa shape index (κ3) is 3.79. The molecule has 5 nitrogen and oxygen atoms in total. The van der Waals surface area contributed by atoms with Gasteiger partial charge in [0.25, 0.3) is 5.91 Å². The van der Waals surface area contributed by atoms with Crippen LogP contribution in [0.25, 0.3) is 0 Å². The second-order valence-electron chi connectivity index (χ2n) is 7.34. The number of allylic oxidation sites excluding steroid dienone is 2. The molecule has 2 bridgehead atoms. The highest BCUT2D eigenvalue weighted by Crippen LogP contribution is 2.44. The Bertz CT molecular complexity index is 892. The van der Waals surface area contributed by atoms with Crippen molar-refractivity contribution in [2.75, 3.05) is 12.4 Å². The summed E-state index contributed by atoms with van der Waals surface area (Å²) < 4.78 is 10.9. The molecular formula is C23H23NO4. The fourth-order valence-electron chi connectivity index (χ4n) is 4.06. The molecule has 1 fully saturated rings. The quantitative estimate of drug-likeness (QED) is 0.607. The Balaban J connectivity index is 1.52. The Morgan fingerprint density at radius 1 is 1.04 bits per heavy atom. The molecule has 4 unspecified atom stereocenters. The highest BCUT2D eigenvalue weighted by atomic mass is 16.5. The molecule has 0 spiro atoms. The SMILES string of the molecule is COc1cccc(NC(=O)C(OC(=O)C2CC3C=CC2C3)c2ccccc2)c1. The van der Waals surface area contributed by atoms with Crippen molar-refractivity contribution in [2.24, 2.45) is 17.8 Å². The lowest BCUT2D eigenvalue weighted by Crippen LogP contribution is -2.30. The summed E-state index contributed by atoms with van der Waals surface area (Å²) in [7, 11) is 1.57. The number of anilines is 1. The van der Waals surface area contributed by atoms with Gasteiger partial charge in [-0.15, -0.1) is 0 Å². The molecule has 28 heavy (non-hydrogen) atoms. The van der Waals surface area contributed by atoms with Crippen molar-refractivity contribution in [3.63, 3.8) is 0 Å². The van der Waals surface area contributed by atoms with Crippen LogP contribution in [-0.4, -0.2) is 19.0 Å². The minimum Gasteiger partial charge on any atom is -0.497 e. The normalized spacial score (nSPS) is 23.2. The molecule has 1 amide bonds. The number of fused-ring (bicyclic) bond motifs is 2. The number of benzene rings is 2. The Morgan fingerprint density at radius 3 is 2.54 bits per heavy atom. The van der Waals surface area contributed by atoms with E-state index in [1.165, 1.54) is 0 Å². The van der Waals surface area contributed by atoms with Gasteiger partial charge in [-0.1, -0.05) is 48.6 Å². The van der Waals surface area contributed by atoms with Crippen LogP contribution in [0.4, 0.5) is 5.69 Å². The third-order valence-corrected chi connectivity index (χ3v) is 5.49. The van der Waals surface area contributed by atoms with Gasteiger partial charge in [-0.05, 0) is 36.8 Å². The minimum absolute atomic E-state index is 0.161. The summed E-state index contributed by atoms with van der Waals surface area (Å²) in [4.78, 5) is 25.8. The van der Waals surface area contributed by atoms with Crippen molar-refractivity contribution in [3.05, 3.63) is 72.3 Å². The van der Waals surface area contributed by atoms with Crippen LogP contribution in [0.15, 0.2) is 66.7 Å². The third-order valence-electron chi connectivity index (χ3n) is 5.49. The van der Waals surface area contributed by atoms with E-state index in [0.717, 1.165) is 12.8 Å². The van der Waals surface area contributed by atoms with E-state index < -0.39 is 6.10 Å². The first-order valence-electron chi connectivity index (χ1n) is 9.52. The topological polar surface area (TPSA) is 64.6 Å². The van der Waals surface area contributed by atoms with Crippen molar-refractivity contribution < 1.29 is 19.1 Å². The number of carbonyl (C=O) groups is 2. The highest BCUT2D eigenvalue weighted by Gasteiger charge is 2.42. The van der Waals surface area contributed by atoms with Crippen molar-refractivity contribution in [2.45, 2.75) is 18.9 Å². The van der Waals surface area contributed by atoms with Gasteiger partial charge in [0.2, 0.25) is 6.10 Å². The lowest BCUT2D eigenvalue weighted by molar-refractivity contribution is -0.159.